The van der Waals surface area contributed by atoms with Gasteiger partial charge >= 0.3 is 0 Å². The largest absolute Gasteiger partial charge is 0.394 e. The first kappa shape index (κ1) is 29.8. The Kier molecular flexibility index (Phi) is 8.15. The van der Waals surface area contributed by atoms with Gasteiger partial charge in [-0.25, -0.2) is 9.98 Å². The van der Waals surface area contributed by atoms with E-state index in [0.29, 0.717) is 5.75 Å². The van der Waals surface area contributed by atoms with Crippen molar-refractivity contribution in [2.75, 3.05) is 18.9 Å². The number of halogens is 1. The second-order valence-corrected chi connectivity index (χ2v) is 12.8. The monoisotopic (exact) mass is 624 g/mol. The second kappa shape index (κ2) is 11.2. The lowest BCUT2D eigenvalue weighted by molar-refractivity contribution is -0.162. The Labute approximate surface area is 248 Å². The van der Waals surface area contributed by atoms with Crippen molar-refractivity contribution in [2.24, 2.45) is 9.98 Å². The molecule has 13 nitrogen and oxygen atoms in total. The van der Waals surface area contributed by atoms with E-state index in [1.807, 2.05) is 24.3 Å². The number of carbonyl (C=O) groups excluding carboxylic acids is 3. The van der Waals surface area contributed by atoms with Crippen LogP contribution in [0.4, 0.5) is 0 Å². The number of ether oxygens (including phenoxy) is 1. The van der Waals surface area contributed by atoms with Crippen molar-refractivity contribution >= 4 is 74.6 Å². The number of thioether (sulfide) groups is 1. The van der Waals surface area contributed by atoms with Crippen molar-refractivity contribution in [3.05, 3.63) is 24.3 Å². The number of hydrogen-bond acceptors (Lipinski definition) is 13. The number of aliphatic imine (C=N–C) groups is 2. The number of aromatic nitrogens is 1. The Morgan fingerprint density at radius 2 is 1.93 bits per heavy atom. The molecule has 0 radical (unpaired) electrons. The van der Waals surface area contributed by atoms with Gasteiger partial charge in [0.25, 0.3) is 5.12 Å². The van der Waals surface area contributed by atoms with E-state index in [0.717, 1.165) is 19.5 Å². The van der Waals surface area contributed by atoms with Gasteiger partial charge in [0.05, 0.1) is 29.7 Å². The molecule has 5 unspecified atom stereocenters. The van der Waals surface area contributed by atoms with Crippen LogP contribution in [0.3, 0.4) is 0 Å². The standard InChI is InChI=1S/C25H29ClN6O7S2/c1-12(34)24-21(27-8-9-40-23-29-15-6-4-5-7-17(15)41-23)30-25(26,13(2)35)32(14(3)36)22(24)31(11-28-24)20-19(38)18(37)16(10-33)39-20/h4-7,11,16,18-20,22,33,37-38H,8-10H2,1-3H3,(H,27,30)/t16-,18?,19?,20-,22?,24?,25?/m1/s1. The predicted octanol–water partition coefficient (Wildman–Crippen LogP) is 0.157. The minimum Gasteiger partial charge on any atom is -0.394 e. The fourth-order valence-corrected chi connectivity index (χ4v) is 7.54. The SMILES string of the molecule is CC(=O)N1C2N([C@@H]3O[C@H](CO)C(O)C3O)C=NC2(C(C)=O)C(=NCCSc2nc3ccccc3s2)NC1(Cl)C(C)=O. The number of nitrogens with zero attached hydrogens (tertiary/aromatic N) is 5. The van der Waals surface area contributed by atoms with Gasteiger partial charge in [-0.3, -0.25) is 24.3 Å². The Hall–Kier alpha value is -2.66. The Morgan fingerprint density at radius 3 is 2.54 bits per heavy atom. The van der Waals surface area contributed by atoms with Gasteiger partial charge in [-0.1, -0.05) is 35.5 Å². The summed E-state index contributed by atoms with van der Waals surface area (Å²) in [6.07, 6.45) is -5.65. The molecule has 41 heavy (non-hydrogen) atoms. The van der Waals surface area contributed by atoms with Gasteiger partial charge < -0.3 is 30.3 Å². The third-order valence-electron chi connectivity index (χ3n) is 7.29. The van der Waals surface area contributed by atoms with Crippen molar-refractivity contribution in [3.8, 4) is 0 Å². The van der Waals surface area contributed by atoms with Crippen LogP contribution in [0.1, 0.15) is 20.8 Å². The van der Waals surface area contributed by atoms with Gasteiger partial charge in [-0.2, -0.15) is 0 Å². The van der Waals surface area contributed by atoms with Crippen LogP contribution in [0.15, 0.2) is 38.6 Å². The molecule has 2 aromatic rings. The molecule has 0 spiro atoms. The molecule has 5 rings (SSSR count). The summed E-state index contributed by atoms with van der Waals surface area (Å²) in [5.74, 6) is -1.42. The first-order valence-electron chi connectivity index (χ1n) is 12.7. The number of alkyl halides is 1. The minimum absolute atomic E-state index is 0.0342. The number of ketones is 2. The van der Waals surface area contributed by atoms with Gasteiger partial charge in [0, 0.05) is 19.6 Å². The molecule has 3 aliphatic heterocycles. The zero-order chi connectivity index (χ0) is 29.7. The third kappa shape index (κ3) is 4.82. The molecule has 0 saturated carbocycles. The number of fused-ring (bicyclic) bond motifs is 2. The number of amidine groups is 1. The van der Waals surface area contributed by atoms with Crippen LogP contribution in [0.25, 0.3) is 10.2 Å². The van der Waals surface area contributed by atoms with Gasteiger partial charge in [0.1, 0.15) is 24.1 Å². The van der Waals surface area contributed by atoms with Crippen LogP contribution < -0.4 is 5.32 Å². The summed E-state index contributed by atoms with van der Waals surface area (Å²) in [5, 5.41) is 31.4. The molecule has 16 heteroatoms. The van der Waals surface area contributed by atoms with Crippen LogP contribution in [-0.4, -0.2) is 120 Å². The highest BCUT2D eigenvalue weighted by Crippen LogP contribution is 2.43. The van der Waals surface area contributed by atoms with E-state index in [1.54, 1.807) is 11.3 Å². The number of aliphatic hydroxyl groups excluding tert-OH is 3. The second-order valence-electron chi connectivity index (χ2n) is 9.84. The van der Waals surface area contributed by atoms with Crippen molar-refractivity contribution in [3.63, 3.8) is 0 Å². The topological polar surface area (TPSA) is 177 Å². The lowest BCUT2D eigenvalue weighted by atomic mass is 9.85. The number of Topliss-reactive ketones (excluding diaryl/α,β-unsaturated/α-hetero) is 2. The highest BCUT2D eigenvalue weighted by molar-refractivity contribution is 8.01. The fourth-order valence-electron chi connectivity index (χ4n) is 5.27. The minimum atomic E-state index is -2.15. The van der Waals surface area contributed by atoms with E-state index in [1.165, 1.54) is 43.8 Å². The first-order chi connectivity index (χ1) is 19.5. The zero-order valence-electron chi connectivity index (χ0n) is 22.3. The molecule has 1 aromatic carbocycles. The number of para-hydroxylation sites is 1. The maximum atomic E-state index is 13.4. The maximum absolute atomic E-state index is 13.4. The average molecular weight is 625 g/mol. The van der Waals surface area contributed by atoms with Crippen LogP contribution >= 0.6 is 34.7 Å². The summed E-state index contributed by atoms with van der Waals surface area (Å²) < 4.78 is 7.59. The fraction of sp³-hybridized carbons (Fsp3) is 0.520. The van der Waals surface area contributed by atoms with Crippen molar-refractivity contribution in [1.29, 1.82) is 0 Å². The number of thiazole rings is 1. The molecule has 220 valence electrons. The molecule has 1 aromatic heterocycles. The van der Waals surface area contributed by atoms with E-state index in [4.69, 9.17) is 16.3 Å². The summed E-state index contributed by atoms with van der Waals surface area (Å²) in [6.45, 7) is 3.22. The molecule has 0 bridgehead atoms. The summed E-state index contributed by atoms with van der Waals surface area (Å²) >= 11 is 9.83. The molecule has 7 atom stereocenters. The Balaban J connectivity index is 1.51. The highest BCUT2D eigenvalue weighted by Gasteiger charge is 2.68. The number of carbonyl (C=O) groups is 3. The van der Waals surface area contributed by atoms with Crippen LogP contribution in [-0.2, 0) is 19.1 Å². The molecule has 1 amide bonds. The maximum Gasteiger partial charge on any atom is 0.253 e. The van der Waals surface area contributed by atoms with E-state index in [2.05, 4.69) is 20.3 Å². The number of amides is 1. The normalized spacial score (nSPS) is 33.8. The van der Waals surface area contributed by atoms with Crippen molar-refractivity contribution < 1.29 is 34.4 Å². The van der Waals surface area contributed by atoms with Crippen molar-refractivity contribution in [1.82, 2.24) is 20.1 Å². The molecule has 2 fully saturated rings. The number of nitrogens with one attached hydrogen (secondary N) is 1. The molecule has 0 aliphatic carbocycles. The lowest BCUT2D eigenvalue weighted by Gasteiger charge is -2.54. The van der Waals surface area contributed by atoms with Crippen LogP contribution in [0.5, 0.6) is 0 Å². The average Bonchev–Trinajstić information content (AvgIpc) is 3.60. The molecule has 4 heterocycles. The van der Waals surface area contributed by atoms with Gasteiger partial charge in [-0.15, -0.1) is 11.3 Å². The molecular formula is C25H29ClN6O7S2. The molecular weight excluding hydrogens is 596 g/mol. The van der Waals surface area contributed by atoms with Crippen LogP contribution in [0.2, 0.25) is 0 Å². The molecule has 3 aliphatic rings. The van der Waals surface area contributed by atoms with Crippen LogP contribution in [0, 0.1) is 0 Å². The zero-order valence-corrected chi connectivity index (χ0v) is 24.7. The summed E-state index contributed by atoms with van der Waals surface area (Å²) in [6, 6.07) is 7.77. The number of benzene rings is 1. The number of hydrogen-bond donors (Lipinski definition) is 4. The smallest absolute Gasteiger partial charge is 0.253 e. The van der Waals surface area contributed by atoms with Gasteiger partial charge in [0.15, 0.2) is 28.3 Å². The predicted molar refractivity (Wildman–Crippen MR) is 153 cm³/mol. The van der Waals surface area contributed by atoms with Gasteiger partial charge in [-0.05, 0) is 19.1 Å². The highest BCUT2D eigenvalue weighted by atomic mass is 35.5. The van der Waals surface area contributed by atoms with E-state index < -0.39 is 65.4 Å². The Morgan fingerprint density at radius 1 is 1.20 bits per heavy atom. The van der Waals surface area contributed by atoms with E-state index in [-0.39, 0.29) is 12.4 Å². The number of aliphatic hydroxyl groups is 3. The molecule has 4 N–H and O–H groups in total. The first-order valence-corrected chi connectivity index (χ1v) is 14.9. The number of rotatable bonds is 8. The molecule has 2 saturated heterocycles. The summed E-state index contributed by atoms with van der Waals surface area (Å²) in [5.41, 5.74) is -0.965. The summed E-state index contributed by atoms with van der Waals surface area (Å²) in [4.78, 5) is 55.3. The lowest BCUT2D eigenvalue weighted by Crippen LogP contribution is -2.81. The van der Waals surface area contributed by atoms with Crippen molar-refractivity contribution in [2.45, 2.75) is 66.5 Å². The third-order valence-corrected chi connectivity index (χ3v) is 9.99. The van der Waals surface area contributed by atoms with Gasteiger partial charge in [0.2, 0.25) is 11.4 Å². The Bertz CT molecular complexity index is 1410. The summed E-state index contributed by atoms with van der Waals surface area (Å²) in [7, 11) is 0. The van der Waals surface area contributed by atoms with E-state index in [9.17, 15) is 29.7 Å². The van der Waals surface area contributed by atoms with E-state index >= 15 is 0 Å². The quantitative estimate of drug-likeness (QED) is 0.136.